The van der Waals surface area contributed by atoms with Crippen molar-refractivity contribution in [3.8, 4) is 0 Å². The summed E-state index contributed by atoms with van der Waals surface area (Å²) in [4.78, 5) is 54.6. The lowest BCUT2D eigenvalue weighted by Gasteiger charge is -2.20. The Bertz CT molecular complexity index is 1400. The number of aromatic nitrogens is 2. The van der Waals surface area contributed by atoms with Crippen LogP contribution in [0.5, 0.6) is 0 Å². The van der Waals surface area contributed by atoms with Crippen LogP contribution in [0.15, 0.2) is 61.1 Å². The van der Waals surface area contributed by atoms with E-state index in [2.05, 4.69) is 77.7 Å². The number of esters is 2. The first-order valence-electron chi connectivity index (χ1n) is 23.2. The number of nitrogens with zero attached hydrogens (tertiary/aromatic N) is 1. The number of unbranched alkanes of at least 4 members (excludes halogenated alkanes) is 16. The molecule has 1 heterocycles. The summed E-state index contributed by atoms with van der Waals surface area (Å²) in [5, 5.41) is 2.55. The number of hydrogen-bond acceptors (Lipinski definition) is 10. The Morgan fingerprint density at radius 1 is 0.721 bits per heavy atom. The van der Waals surface area contributed by atoms with E-state index in [1.54, 1.807) is 6.20 Å². The van der Waals surface area contributed by atoms with Crippen LogP contribution in [-0.2, 0) is 43.9 Å². The van der Waals surface area contributed by atoms with E-state index in [-0.39, 0.29) is 39.0 Å². The number of nitrogens with two attached hydrogens (primary N) is 1. The van der Waals surface area contributed by atoms with Gasteiger partial charge in [0.1, 0.15) is 6.61 Å². The van der Waals surface area contributed by atoms with Gasteiger partial charge in [-0.3, -0.25) is 23.4 Å². The van der Waals surface area contributed by atoms with Gasteiger partial charge in [0.2, 0.25) is 5.91 Å². The molecule has 1 aromatic rings. The second kappa shape index (κ2) is 39.5. The fourth-order valence-electron chi connectivity index (χ4n) is 6.19. The molecular weight excluding hydrogens is 796 g/mol. The molecule has 14 heteroatoms. The summed E-state index contributed by atoms with van der Waals surface area (Å²) >= 11 is 0. The summed E-state index contributed by atoms with van der Waals surface area (Å²) < 4.78 is 33.7. The van der Waals surface area contributed by atoms with Crippen molar-refractivity contribution in [2.24, 2.45) is 5.73 Å². The van der Waals surface area contributed by atoms with E-state index in [1.807, 2.05) is 0 Å². The van der Waals surface area contributed by atoms with Crippen molar-refractivity contribution in [2.45, 2.75) is 187 Å². The molecular formula is C47H81N4O9P. The highest BCUT2D eigenvalue weighted by atomic mass is 31.2. The maximum absolute atomic E-state index is 12.8. The lowest BCUT2D eigenvalue weighted by Crippen LogP contribution is -2.43. The minimum atomic E-state index is -4.61. The van der Waals surface area contributed by atoms with Gasteiger partial charge >= 0.3 is 19.8 Å². The number of phosphoric acid groups is 1. The van der Waals surface area contributed by atoms with Crippen LogP contribution in [0, 0.1) is 0 Å². The molecule has 61 heavy (non-hydrogen) atoms. The normalized spacial score (nSPS) is 14.0. The van der Waals surface area contributed by atoms with Crippen LogP contribution < -0.4 is 11.1 Å². The van der Waals surface area contributed by atoms with E-state index in [1.165, 1.54) is 44.9 Å². The summed E-state index contributed by atoms with van der Waals surface area (Å²) in [7, 11) is -4.61. The quantitative estimate of drug-likeness (QED) is 0.0212. The Labute approximate surface area is 367 Å². The number of imidazole rings is 1. The third-order valence-electron chi connectivity index (χ3n) is 9.80. The zero-order valence-electron chi connectivity index (χ0n) is 37.6. The molecule has 3 unspecified atom stereocenters. The highest BCUT2D eigenvalue weighted by Gasteiger charge is 2.26. The van der Waals surface area contributed by atoms with Crippen molar-refractivity contribution in [1.29, 1.82) is 0 Å². The van der Waals surface area contributed by atoms with Crippen LogP contribution >= 0.6 is 7.82 Å². The smallest absolute Gasteiger partial charge is 0.462 e. The van der Waals surface area contributed by atoms with Crippen molar-refractivity contribution in [2.75, 3.05) is 26.4 Å². The van der Waals surface area contributed by atoms with Gasteiger partial charge in [-0.15, -0.1) is 0 Å². The zero-order valence-corrected chi connectivity index (χ0v) is 38.5. The van der Waals surface area contributed by atoms with Gasteiger partial charge < -0.3 is 30.4 Å². The first-order valence-corrected chi connectivity index (χ1v) is 24.7. The number of aromatic amines is 1. The molecule has 5 N–H and O–H groups in total. The maximum Gasteiger partial charge on any atom is 0.472 e. The lowest BCUT2D eigenvalue weighted by molar-refractivity contribution is -0.161. The van der Waals surface area contributed by atoms with Gasteiger partial charge in [-0.1, -0.05) is 127 Å². The van der Waals surface area contributed by atoms with Gasteiger partial charge in [0.25, 0.3) is 0 Å². The third-order valence-corrected chi connectivity index (χ3v) is 10.8. The fourth-order valence-corrected chi connectivity index (χ4v) is 6.94. The predicted octanol–water partition coefficient (Wildman–Crippen LogP) is 10.6. The number of amides is 1. The van der Waals surface area contributed by atoms with Crippen molar-refractivity contribution < 1.29 is 42.4 Å². The van der Waals surface area contributed by atoms with Crippen LogP contribution in [0.25, 0.3) is 0 Å². The first-order chi connectivity index (χ1) is 29.7. The summed E-state index contributed by atoms with van der Waals surface area (Å²) in [6, 6.07) is -0.851. The highest BCUT2D eigenvalue weighted by molar-refractivity contribution is 7.47. The molecule has 0 aromatic carbocycles. The topological polar surface area (TPSA) is 192 Å². The Morgan fingerprint density at radius 3 is 1.75 bits per heavy atom. The van der Waals surface area contributed by atoms with Crippen molar-refractivity contribution in [3.63, 3.8) is 0 Å². The molecule has 0 bridgehead atoms. The molecule has 0 radical (unpaired) electrons. The highest BCUT2D eigenvalue weighted by Crippen LogP contribution is 2.43. The number of carbonyl (C=O) groups is 3. The molecule has 0 fully saturated rings. The molecule has 3 atom stereocenters. The number of carbonyl (C=O) groups excluding carboxylic acids is 3. The molecule has 0 spiro atoms. The average molecular weight is 877 g/mol. The monoisotopic (exact) mass is 877 g/mol. The number of H-pyrrole nitrogens is 1. The predicted molar refractivity (Wildman–Crippen MR) is 245 cm³/mol. The average Bonchev–Trinajstić information content (AvgIpc) is 3.76. The van der Waals surface area contributed by atoms with E-state index in [0.717, 1.165) is 89.9 Å². The lowest BCUT2D eigenvalue weighted by atomic mass is 10.1. The van der Waals surface area contributed by atoms with E-state index in [4.69, 9.17) is 24.3 Å². The Hall–Kier alpha value is -3.35. The van der Waals surface area contributed by atoms with Gasteiger partial charge in [-0.25, -0.2) is 9.55 Å². The van der Waals surface area contributed by atoms with E-state index >= 15 is 0 Å². The van der Waals surface area contributed by atoms with Crippen LogP contribution in [0.1, 0.15) is 174 Å². The van der Waals surface area contributed by atoms with Crippen LogP contribution in [0.4, 0.5) is 0 Å². The number of allylic oxidation sites excluding steroid dienone is 8. The Balaban J connectivity index is 2.42. The number of ether oxygens (including phenoxy) is 2. The number of hydrogen-bond donors (Lipinski definition) is 4. The SMILES string of the molecule is CCCCC/C=C\C/C=C\CCCCCCCC(=O)OCC(COP(=O)(O)OCCNC(=O)C(N)Cc1cnc[nH]1)OC(=O)CCCCCCC/C=C\C/C=C\CCCCC. The molecule has 0 saturated heterocycles. The van der Waals surface area contributed by atoms with Crippen LogP contribution in [-0.4, -0.2) is 71.2 Å². The largest absolute Gasteiger partial charge is 0.472 e. The standard InChI is InChI=1S/C47H81N4O9P/c1-3-5-7-9-11-13-15-17-19-21-23-25-27-29-31-33-45(52)57-39-43(40-59-61(55,56)58-36-35-50-47(54)44(48)37-42-38-49-41-51-42)60-46(53)34-32-30-28-26-24-22-20-18-16-14-12-10-8-6-4-2/h11-14,17-20,38,41,43-44H,3-10,15-16,21-37,39-40,48H2,1-2H3,(H,49,51)(H,50,54)(H,55,56)/b13-11-,14-12-,19-17-,20-18-. The molecule has 0 aliphatic carbocycles. The number of nitrogens with one attached hydrogen (secondary N) is 2. The van der Waals surface area contributed by atoms with Gasteiger partial charge in [-0.05, 0) is 77.0 Å². The third kappa shape index (κ3) is 35.9. The Kier molecular flexibility index (Phi) is 36.0. The van der Waals surface area contributed by atoms with Crippen LogP contribution in [0.2, 0.25) is 0 Å². The van der Waals surface area contributed by atoms with Gasteiger partial charge in [0.15, 0.2) is 6.10 Å². The first kappa shape index (κ1) is 55.7. The van der Waals surface area contributed by atoms with Gasteiger partial charge in [-0.2, -0.15) is 0 Å². The summed E-state index contributed by atoms with van der Waals surface area (Å²) in [6.45, 7) is 3.15. The molecule has 13 nitrogen and oxygen atoms in total. The summed E-state index contributed by atoms with van der Waals surface area (Å²) in [5.74, 6) is -1.41. The fraction of sp³-hybridized carbons (Fsp3) is 0.702. The molecule has 1 aromatic heterocycles. The summed E-state index contributed by atoms with van der Waals surface area (Å²) in [5.41, 5.74) is 6.60. The second-order valence-corrected chi connectivity index (χ2v) is 17.0. The van der Waals surface area contributed by atoms with Crippen molar-refractivity contribution in [1.82, 2.24) is 15.3 Å². The molecule has 0 aliphatic heterocycles. The van der Waals surface area contributed by atoms with Gasteiger partial charge in [0, 0.05) is 37.7 Å². The van der Waals surface area contributed by atoms with E-state index < -0.39 is 44.4 Å². The molecule has 348 valence electrons. The van der Waals surface area contributed by atoms with Gasteiger partial charge in [0.05, 0.1) is 25.6 Å². The number of phosphoric ester groups is 1. The van der Waals surface area contributed by atoms with Crippen molar-refractivity contribution in [3.05, 3.63) is 66.8 Å². The maximum atomic E-state index is 12.8. The Morgan fingerprint density at radius 2 is 1.23 bits per heavy atom. The minimum Gasteiger partial charge on any atom is -0.462 e. The number of rotatable bonds is 41. The molecule has 0 saturated carbocycles. The molecule has 1 amide bonds. The van der Waals surface area contributed by atoms with E-state index in [0.29, 0.717) is 18.5 Å². The molecule has 1 rings (SSSR count). The molecule has 0 aliphatic rings. The summed E-state index contributed by atoms with van der Waals surface area (Å²) in [6.07, 6.45) is 43.9. The van der Waals surface area contributed by atoms with Crippen LogP contribution in [0.3, 0.4) is 0 Å². The minimum absolute atomic E-state index is 0.0961. The zero-order chi connectivity index (χ0) is 44.5. The van der Waals surface area contributed by atoms with Crippen molar-refractivity contribution >= 4 is 25.7 Å². The van der Waals surface area contributed by atoms with E-state index in [9.17, 15) is 23.8 Å². The second-order valence-electron chi connectivity index (χ2n) is 15.5.